The lowest BCUT2D eigenvalue weighted by molar-refractivity contribution is -0.139. The van der Waals surface area contributed by atoms with E-state index in [0.29, 0.717) is 22.6 Å². The molecule has 1 saturated heterocycles. The van der Waals surface area contributed by atoms with Crippen molar-refractivity contribution in [2.75, 3.05) is 19.0 Å². The van der Waals surface area contributed by atoms with Crippen molar-refractivity contribution in [1.29, 1.82) is 0 Å². The van der Waals surface area contributed by atoms with Crippen molar-refractivity contribution in [3.05, 3.63) is 59.2 Å². The number of nitrogens with zero attached hydrogens (tertiary/aromatic N) is 1. The van der Waals surface area contributed by atoms with Gasteiger partial charge in [0.2, 0.25) is 0 Å². The lowest BCUT2D eigenvalue weighted by atomic mass is 9.97. The first kappa shape index (κ1) is 23.3. The highest BCUT2D eigenvalue weighted by Gasteiger charge is 2.29. The second-order valence-electron chi connectivity index (χ2n) is 8.22. The average Bonchev–Trinajstić information content (AvgIpc) is 2.78. The van der Waals surface area contributed by atoms with Gasteiger partial charge in [-0.2, -0.15) is 0 Å². The molecule has 0 aromatic heterocycles. The minimum atomic E-state index is -0.468. The summed E-state index contributed by atoms with van der Waals surface area (Å²) >= 11 is 0. The second-order valence-corrected chi connectivity index (χ2v) is 8.22. The SMILES string of the molecule is COC(=O)c1ccc(C)c(NC(=O)c2ccc(OCC(=O)N3C(C)CCCC3C)cc2)c1. The Morgan fingerprint density at radius 1 is 1.00 bits per heavy atom. The first-order chi connectivity index (χ1) is 15.3. The van der Waals surface area contributed by atoms with Crippen LogP contribution in [-0.4, -0.2) is 48.5 Å². The van der Waals surface area contributed by atoms with Crippen molar-refractivity contribution in [2.24, 2.45) is 0 Å². The molecule has 7 heteroatoms. The number of piperidine rings is 1. The minimum Gasteiger partial charge on any atom is -0.484 e. The van der Waals surface area contributed by atoms with Crippen LogP contribution < -0.4 is 10.1 Å². The molecule has 1 aliphatic rings. The van der Waals surface area contributed by atoms with Crippen LogP contribution >= 0.6 is 0 Å². The van der Waals surface area contributed by atoms with Gasteiger partial charge >= 0.3 is 5.97 Å². The Morgan fingerprint density at radius 2 is 1.62 bits per heavy atom. The zero-order valence-corrected chi connectivity index (χ0v) is 19.0. The summed E-state index contributed by atoms with van der Waals surface area (Å²) in [5.74, 6) is -0.276. The summed E-state index contributed by atoms with van der Waals surface area (Å²) in [4.78, 5) is 38.9. The highest BCUT2D eigenvalue weighted by atomic mass is 16.5. The first-order valence-corrected chi connectivity index (χ1v) is 10.8. The number of rotatable bonds is 6. The van der Waals surface area contributed by atoms with Crippen molar-refractivity contribution in [1.82, 2.24) is 4.90 Å². The first-order valence-electron chi connectivity index (χ1n) is 10.8. The Morgan fingerprint density at radius 3 is 2.25 bits per heavy atom. The maximum Gasteiger partial charge on any atom is 0.337 e. The molecule has 2 unspecified atom stereocenters. The summed E-state index contributed by atoms with van der Waals surface area (Å²) in [5.41, 5.74) is 2.16. The van der Waals surface area contributed by atoms with E-state index in [-0.39, 0.29) is 30.5 Å². The van der Waals surface area contributed by atoms with Crippen LogP contribution in [0.4, 0.5) is 5.69 Å². The highest BCUT2D eigenvalue weighted by molar-refractivity contribution is 6.05. The molecule has 3 rings (SSSR count). The van der Waals surface area contributed by atoms with Gasteiger partial charge in [-0.25, -0.2) is 4.79 Å². The average molecular weight is 439 g/mol. The lowest BCUT2D eigenvalue weighted by Gasteiger charge is -2.38. The fraction of sp³-hybridized carbons (Fsp3) is 0.400. The van der Waals surface area contributed by atoms with Gasteiger partial charge in [-0.15, -0.1) is 0 Å². The zero-order valence-electron chi connectivity index (χ0n) is 19.0. The molecule has 0 spiro atoms. The standard InChI is InChI=1S/C25H30N2O5/c1-16-8-9-20(25(30)31-4)14-22(16)26-24(29)19-10-12-21(13-11-19)32-15-23(28)27-17(2)6-5-7-18(27)3/h8-14,17-18H,5-7,15H2,1-4H3,(H,26,29). The molecule has 2 aromatic rings. The van der Waals surface area contributed by atoms with Crippen LogP contribution in [0.5, 0.6) is 5.75 Å². The molecule has 0 aliphatic carbocycles. The van der Waals surface area contributed by atoms with Crippen molar-refractivity contribution in [3.63, 3.8) is 0 Å². The van der Waals surface area contributed by atoms with E-state index in [9.17, 15) is 14.4 Å². The minimum absolute atomic E-state index is 0.0208. The number of benzene rings is 2. The Kier molecular flexibility index (Phi) is 7.51. The summed E-state index contributed by atoms with van der Waals surface area (Å²) in [7, 11) is 1.31. The number of aryl methyl sites for hydroxylation is 1. The van der Waals surface area contributed by atoms with Crippen LogP contribution in [0.25, 0.3) is 0 Å². The van der Waals surface area contributed by atoms with E-state index in [1.807, 2.05) is 11.8 Å². The zero-order chi connectivity index (χ0) is 23.3. The Bertz CT molecular complexity index is 976. The van der Waals surface area contributed by atoms with Gasteiger partial charge in [0.05, 0.1) is 12.7 Å². The largest absolute Gasteiger partial charge is 0.484 e. The van der Waals surface area contributed by atoms with E-state index >= 15 is 0 Å². The summed E-state index contributed by atoms with van der Waals surface area (Å²) in [6, 6.07) is 12.1. The summed E-state index contributed by atoms with van der Waals surface area (Å²) in [5, 5.41) is 2.82. The van der Waals surface area contributed by atoms with Crippen LogP contribution in [0.1, 0.15) is 59.4 Å². The number of amides is 2. The Hall–Kier alpha value is -3.35. The number of ether oxygens (including phenoxy) is 2. The molecule has 7 nitrogen and oxygen atoms in total. The molecule has 32 heavy (non-hydrogen) atoms. The van der Waals surface area contributed by atoms with Crippen LogP contribution in [-0.2, 0) is 9.53 Å². The summed E-state index contributed by atoms with van der Waals surface area (Å²) in [6.45, 7) is 5.96. The topological polar surface area (TPSA) is 84.9 Å². The monoisotopic (exact) mass is 438 g/mol. The molecule has 0 saturated carbocycles. The van der Waals surface area contributed by atoms with Gasteiger partial charge in [-0.1, -0.05) is 6.07 Å². The number of carbonyl (C=O) groups is 3. The quantitative estimate of drug-likeness (QED) is 0.683. The highest BCUT2D eigenvalue weighted by Crippen LogP contribution is 2.23. The van der Waals surface area contributed by atoms with E-state index in [0.717, 1.165) is 24.8 Å². The van der Waals surface area contributed by atoms with Gasteiger partial charge in [0, 0.05) is 23.3 Å². The molecule has 1 heterocycles. The van der Waals surface area contributed by atoms with Crippen molar-refractivity contribution >= 4 is 23.5 Å². The van der Waals surface area contributed by atoms with E-state index in [4.69, 9.17) is 9.47 Å². The molecule has 2 atom stereocenters. The third kappa shape index (κ3) is 5.46. The molecule has 2 amide bonds. The molecular weight excluding hydrogens is 408 g/mol. The normalized spacial score (nSPS) is 18.1. The van der Waals surface area contributed by atoms with Crippen LogP contribution in [0.15, 0.2) is 42.5 Å². The van der Waals surface area contributed by atoms with E-state index in [1.165, 1.54) is 7.11 Å². The Labute approximate surface area is 188 Å². The van der Waals surface area contributed by atoms with Gasteiger partial charge in [0.15, 0.2) is 6.61 Å². The molecule has 170 valence electrons. The predicted octanol–water partition coefficient (Wildman–Crippen LogP) is 4.20. The molecule has 1 aliphatic heterocycles. The van der Waals surface area contributed by atoms with E-state index in [2.05, 4.69) is 19.2 Å². The van der Waals surface area contributed by atoms with Crippen molar-refractivity contribution < 1.29 is 23.9 Å². The van der Waals surface area contributed by atoms with Crippen LogP contribution in [0.2, 0.25) is 0 Å². The van der Waals surface area contributed by atoms with Crippen molar-refractivity contribution in [3.8, 4) is 5.75 Å². The van der Waals surface area contributed by atoms with Crippen LogP contribution in [0, 0.1) is 6.92 Å². The molecule has 0 bridgehead atoms. The number of nitrogens with one attached hydrogen (secondary N) is 1. The molecular formula is C25H30N2O5. The predicted molar refractivity (Wildman–Crippen MR) is 122 cm³/mol. The molecule has 1 fully saturated rings. The van der Waals surface area contributed by atoms with E-state index in [1.54, 1.807) is 42.5 Å². The Balaban J connectivity index is 1.60. The van der Waals surface area contributed by atoms with Crippen LogP contribution in [0.3, 0.4) is 0 Å². The molecule has 0 radical (unpaired) electrons. The van der Waals surface area contributed by atoms with E-state index < -0.39 is 5.97 Å². The fourth-order valence-corrected chi connectivity index (χ4v) is 4.03. The maximum absolute atomic E-state index is 12.6. The smallest absolute Gasteiger partial charge is 0.337 e. The van der Waals surface area contributed by atoms with Gasteiger partial charge in [0.1, 0.15) is 5.75 Å². The third-order valence-electron chi connectivity index (χ3n) is 5.87. The lowest BCUT2D eigenvalue weighted by Crippen LogP contribution is -2.49. The fourth-order valence-electron chi connectivity index (χ4n) is 4.03. The van der Waals surface area contributed by atoms with Gasteiger partial charge in [-0.05, 0) is 82.0 Å². The van der Waals surface area contributed by atoms with Gasteiger partial charge in [-0.3, -0.25) is 9.59 Å². The number of carbonyl (C=O) groups excluding carboxylic acids is 3. The number of methoxy groups -OCH3 is 1. The number of hydrogen-bond donors (Lipinski definition) is 1. The molecule has 1 N–H and O–H groups in total. The van der Waals surface area contributed by atoms with Gasteiger partial charge in [0.25, 0.3) is 11.8 Å². The third-order valence-corrected chi connectivity index (χ3v) is 5.87. The number of hydrogen-bond acceptors (Lipinski definition) is 5. The van der Waals surface area contributed by atoms with Gasteiger partial charge < -0.3 is 19.7 Å². The number of esters is 1. The van der Waals surface area contributed by atoms with Crippen molar-refractivity contribution in [2.45, 2.75) is 52.1 Å². The molecule has 2 aromatic carbocycles. The summed E-state index contributed by atoms with van der Waals surface area (Å²) < 4.78 is 10.4. The maximum atomic E-state index is 12.6. The second kappa shape index (κ2) is 10.3. The number of anilines is 1. The number of likely N-dealkylation sites (tertiary alicyclic amines) is 1. The summed E-state index contributed by atoms with van der Waals surface area (Å²) in [6.07, 6.45) is 3.17.